The van der Waals surface area contributed by atoms with E-state index in [2.05, 4.69) is 0 Å². The first-order valence-electron chi connectivity index (χ1n) is 4.12. The zero-order chi connectivity index (χ0) is 10.1. The highest BCUT2D eigenvalue weighted by Crippen LogP contribution is 2.21. The normalized spacial score (nSPS) is 27.9. The molecule has 1 heterocycles. The second-order valence-corrected chi connectivity index (χ2v) is 3.37. The van der Waals surface area contributed by atoms with Crippen LogP contribution in [0.4, 0.5) is 13.2 Å². The summed E-state index contributed by atoms with van der Waals surface area (Å²) < 4.78 is 35.7. The van der Waals surface area contributed by atoms with Gasteiger partial charge in [0.05, 0.1) is 0 Å². The van der Waals surface area contributed by atoms with Crippen molar-refractivity contribution in [2.45, 2.75) is 24.7 Å². The van der Waals surface area contributed by atoms with Gasteiger partial charge >= 0.3 is 6.18 Å². The van der Waals surface area contributed by atoms with Gasteiger partial charge in [0.15, 0.2) is 6.10 Å². The van der Waals surface area contributed by atoms with E-state index in [1.165, 1.54) is 4.90 Å². The Bertz CT molecular complexity index is 174. The number of alkyl halides is 3. The van der Waals surface area contributed by atoms with Crippen molar-refractivity contribution in [3.63, 3.8) is 0 Å². The summed E-state index contributed by atoms with van der Waals surface area (Å²) in [6.07, 6.45) is -6.07. The molecule has 2 atom stereocenters. The van der Waals surface area contributed by atoms with Crippen molar-refractivity contribution in [2.75, 3.05) is 19.6 Å². The van der Waals surface area contributed by atoms with Crippen LogP contribution in [-0.2, 0) is 0 Å². The average Bonchev–Trinajstić information content (AvgIpc) is 2.33. The number of aliphatic hydroxyl groups excluding tert-OH is 1. The lowest BCUT2D eigenvalue weighted by atomic mass is 10.3. The third-order valence-electron chi connectivity index (χ3n) is 2.12. The van der Waals surface area contributed by atoms with Crippen molar-refractivity contribution >= 4 is 0 Å². The highest BCUT2D eigenvalue weighted by Gasteiger charge is 2.39. The molecule has 0 aromatic heterocycles. The summed E-state index contributed by atoms with van der Waals surface area (Å²) >= 11 is 0. The standard InChI is InChI=1S/C7H13F3N2O/c8-7(9,10)6(13)4-12-2-1-5(11)3-12/h5-6,13H,1-4,11H2. The van der Waals surface area contributed by atoms with E-state index >= 15 is 0 Å². The van der Waals surface area contributed by atoms with Gasteiger partial charge in [-0.3, -0.25) is 4.90 Å². The van der Waals surface area contributed by atoms with Gasteiger partial charge in [-0.25, -0.2) is 0 Å². The van der Waals surface area contributed by atoms with Crippen molar-refractivity contribution in [2.24, 2.45) is 5.73 Å². The topological polar surface area (TPSA) is 49.5 Å². The fourth-order valence-electron chi connectivity index (χ4n) is 1.38. The van der Waals surface area contributed by atoms with Gasteiger partial charge in [0.2, 0.25) is 0 Å². The van der Waals surface area contributed by atoms with E-state index in [0.29, 0.717) is 19.5 Å². The molecule has 1 rings (SSSR count). The predicted molar refractivity (Wildman–Crippen MR) is 41.1 cm³/mol. The summed E-state index contributed by atoms with van der Waals surface area (Å²) in [5, 5.41) is 8.72. The molecule has 0 aliphatic carbocycles. The molecule has 1 aliphatic rings. The molecule has 0 bridgehead atoms. The molecule has 1 fully saturated rings. The lowest BCUT2D eigenvalue weighted by Crippen LogP contribution is -2.40. The molecule has 0 spiro atoms. The number of hydrogen-bond acceptors (Lipinski definition) is 3. The van der Waals surface area contributed by atoms with Crippen molar-refractivity contribution in [3.05, 3.63) is 0 Å². The average molecular weight is 198 g/mol. The monoisotopic (exact) mass is 198 g/mol. The van der Waals surface area contributed by atoms with E-state index < -0.39 is 12.3 Å². The van der Waals surface area contributed by atoms with Crippen LogP contribution in [0.2, 0.25) is 0 Å². The molecule has 3 N–H and O–H groups in total. The second kappa shape index (κ2) is 3.81. The van der Waals surface area contributed by atoms with E-state index in [4.69, 9.17) is 10.8 Å². The summed E-state index contributed by atoms with van der Waals surface area (Å²) in [6, 6.07) is -0.0552. The Morgan fingerprint density at radius 2 is 2.15 bits per heavy atom. The van der Waals surface area contributed by atoms with Crippen molar-refractivity contribution in [3.8, 4) is 0 Å². The molecule has 78 valence electrons. The minimum Gasteiger partial charge on any atom is -0.382 e. The molecule has 1 aliphatic heterocycles. The Morgan fingerprint density at radius 1 is 1.54 bits per heavy atom. The third kappa shape index (κ3) is 3.13. The Balaban J connectivity index is 2.33. The highest BCUT2D eigenvalue weighted by molar-refractivity contribution is 4.81. The van der Waals surface area contributed by atoms with Gasteiger partial charge < -0.3 is 10.8 Å². The maximum Gasteiger partial charge on any atom is 0.415 e. The summed E-state index contributed by atoms with van der Waals surface area (Å²) in [5.74, 6) is 0. The maximum atomic E-state index is 11.9. The van der Waals surface area contributed by atoms with Crippen LogP contribution < -0.4 is 5.73 Å². The zero-order valence-electron chi connectivity index (χ0n) is 7.09. The number of β-amino-alcohol motifs (C(OH)–C–C–N with tert-alkyl or cyclic N) is 1. The van der Waals surface area contributed by atoms with Gasteiger partial charge in [-0.15, -0.1) is 0 Å². The van der Waals surface area contributed by atoms with Gasteiger partial charge in [0.1, 0.15) is 0 Å². The van der Waals surface area contributed by atoms with E-state index in [1.807, 2.05) is 0 Å². The quantitative estimate of drug-likeness (QED) is 0.653. The smallest absolute Gasteiger partial charge is 0.382 e. The van der Waals surface area contributed by atoms with E-state index in [-0.39, 0.29) is 12.6 Å². The Kier molecular flexibility index (Phi) is 3.15. The molecular formula is C7H13F3N2O. The van der Waals surface area contributed by atoms with Crippen LogP contribution in [-0.4, -0.2) is 48.0 Å². The molecule has 0 amide bonds. The van der Waals surface area contributed by atoms with Gasteiger partial charge in [-0.2, -0.15) is 13.2 Å². The van der Waals surface area contributed by atoms with E-state index in [0.717, 1.165) is 0 Å². The summed E-state index contributed by atoms with van der Waals surface area (Å²) in [5.41, 5.74) is 5.51. The summed E-state index contributed by atoms with van der Waals surface area (Å²) in [6.45, 7) is 0.610. The first kappa shape index (κ1) is 10.7. The van der Waals surface area contributed by atoms with Crippen molar-refractivity contribution in [1.82, 2.24) is 4.90 Å². The minimum absolute atomic E-state index is 0.0552. The van der Waals surface area contributed by atoms with Gasteiger partial charge in [0, 0.05) is 19.1 Å². The first-order valence-corrected chi connectivity index (χ1v) is 4.12. The zero-order valence-corrected chi connectivity index (χ0v) is 7.09. The SMILES string of the molecule is NC1CCN(CC(O)C(F)(F)F)C1. The van der Waals surface area contributed by atoms with Crippen LogP contribution in [0.25, 0.3) is 0 Å². The number of halogens is 3. The van der Waals surface area contributed by atoms with Crippen LogP contribution in [0.15, 0.2) is 0 Å². The fraction of sp³-hybridized carbons (Fsp3) is 1.00. The molecule has 0 saturated carbocycles. The molecule has 13 heavy (non-hydrogen) atoms. The van der Waals surface area contributed by atoms with Crippen molar-refractivity contribution in [1.29, 1.82) is 0 Å². The van der Waals surface area contributed by atoms with E-state index in [9.17, 15) is 13.2 Å². The van der Waals surface area contributed by atoms with Gasteiger partial charge in [0.25, 0.3) is 0 Å². The van der Waals surface area contributed by atoms with E-state index in [1.54, 1.807) is 0 Å². The van der Waals surface area contributed by atoms with Crippen LogP contribution >= 0.6 is 0 Å². The summed E-state index contributed by atoms with van der Waals surface area (Å²) in [4.78, 5) is 1.53. The Hall–Kier alpha value is -0.330. The number of rotatable bonds is 2. The second-order valence-electron chi connectivity index (χ2n) is 3.37. The Labute approximate surface area is 74.3 Å². The molecular weight excluding hydrogens is 185 g/mol. The maximum absolute atomic E-state index is 11.9. The molecule has 6 heteroatoms. The predicted octanol–water partition coefficient (Wildman–Crippen LogP) is -0.0574. The molecule has 2 unspecified atom stereocenters. The molecule has 0 radical (unpaired) electrons. The summed E-state index contributed by atoms with van der Waals surface area (Å²) in [7, 11) is 0. The number of nitrogens with zero attached hydrogens (tertiary/aromatic N) is 1. The minimum atomic E-state index is -4.52. The number of aliphatic hydroxyl groups is 1. The molecule has 0 aromatic carbocycles. The largest absolute Gasteiger partial charge is 0.415 e. The number of nitrogens with two attached hydrogens (primary N) is 1. The lowest BCUT2D eigenvalue weighted by Gasteiger charge is -2.21. The number of hydrogen-bond donors (Lipinski definition) is 2. The van der Waals surface area contributed by atoms with Crippen molar-refractivity contribution < 1.29 is 18.3 Å². The highest BCUT2D eigenvalue weighted by atomic mass is 19.4. The van der Waals surface area contributed by atoms with Gasteiger partial charge in [-0.1, -0.05) is 0 Å². The van der Waals surface area contributed by atoms with Crippen LogP contribution in [0.1, 0.15) is 6.42 Å². The van der Waals surface area contributed by atoms with Gasteiger partial charge in [-0.05, 0) is 13.0 Å². The first-order chi connectivity index (χ1) is 5.89. The molecule has 1 saturated heterocycles. The molecule has 0 aromatic rings. The van der Waals surface area contributed by atoms with Crippen LogP contribution in [0.3, 0.4) is 0 Å². The van der Waals surface area contributed by atoms with Crippen LogP contribution in [0.5, 0.6) is 0 Å². The molecule has 3 nitrogen and oxygen atoms in total. The number of likely N-dealkylation sites (tertiary alicyclic amines) is 1. The van der Waals surface area contributed by atoms with Crippen LogP contribution in [0, 0.1) is 0 Å². The Morgan fingerprint density at radius 3 is 2.54 bits per heavy atom. The fourth-order valence-corrected chi connectivity index (χ4v) is 1.38. The third-order valence-corrected chi connectivity index (χ3v) is 2.12. The lowest BCUT2D eigenvalue weighted by molar-refractivity contribution is -0.207.